The molecule has 1 atom stereocenters. The van der Waals surface area contributed by atoms with E-state index in [9.17, 15) is 9.59 Å². The maximum atomic E-state index is 13.4. The largest absolute Gasteiger partial charge is 0.353 e. The Morgan fingerprint density at radius 1 is 1.00 bits per heavy atom. The molecular formula is C21H29N3O3. The van der Waals surface area contributed by atoms with Crippen LogP contribution in [0.3, 0.4) is 0 Å². The van der Waals surface area contributed by atoms with Gasteiger partial charge in [-0.25, -0.2) is 0 Å². The van der Waals surface area contributed by atoms with Crippen molar-refractivity contribution >= 4 is 11.8 Å². The average Bonchev–Trinajstić information content (AvgIpc) is 3.07. The van der Waals surface area contributed by atoms with Gasteiger partial charge < -0.3 is 14.5 Å². The Bertz CT molecular complexity index is 679. The first-order valence-corrected chi connectivity index (χ1v) is 10.1. The minimum Gasteiger partial charge on any atom is -0.353 e. The maximum Gasteiger partial charge on any atom is 0.256 e. The lowest BCUT2D eigenvalue weighted by Gasteiger charge is -2.42. The molecule has 1 aliphatic carbocycles. The molecular weight excluding hydrogens is 342 g/mol. The van der Waals surface area contributed by atoms with Crippen LogP contribution in [0.25, 0.3) is 0 Å². The summed E-state index contributed by atoms with van der Waals surface area (Å²) in [6, 6.07) is 8.78. The summed E-state index contributed by atoms with van der Waals surface area (Å²) in [5.74, 6) is -0.0442. The molecule has 2 saturated heterocycles. The predicted octanol–water partition coefficient (Wildman–Crippen LogP) is 1.96. The minimum absolute atomic E-state index is 0.0369. The molecule has 0 bridgehead atoms. The molecule has 1 aromatic rings. The summed E-state index contributed by atoms with van der Waals surface area (Å²) in [6.07, 6.45) is 4.87. The van der Waals surface area contributed by atoms with Crippen LogP contribution in [0.2, 0.25) is 0 Å². The second-order valence-electron chi connectivity index (χ2n) is 8.00. The van der Waals surface area contributed by atoms with Gasteiger partial charge in [0.1, 0.15) is 11.8 Å². The lowest BCUT2D eigenvalue weighted by atomic mass is 9.89. The first-order valence-electron chi connectivity index (χ1n) is 10.1. The van der Waals surface area contributed by atoms with Gasteiger partial charge in [-0.15, -0.1) is 0 Å². The lowest BCUT2D eigenvalue weighted by Crippen LogP contribution is -2.58. The van der Waals surface area contributed by atoms with Crippen LogP contribution in [0.15, 0.2) is 30.3 Å². The van der Waals surface area contributed by atoms with Crippen LogP contribution in [-0.4, -0.2) is 78.1 Å². The van der Waals surface area contributed by atoms with Crippen LogP contribution in [0.4, 0.5) is 0 Å². The molecule has 2 heterocycles. The van der Waals surface area contributed by atoms with E-state index in [0.29, 0.717) is 25.3 Å². The van der Waals surface area contributed by atoms with E-state index in [1.54, 1.807) is 4.90 Å². The van der Waals surface area contributed by atoms with Crippen LogP contribution in [0.5, 0.6) is 0 Å². The number of piperazine rings is 1. The Morgan fingerprint density at radius 3 is 2.33 bits per heavy atom. The van der Waals surface area contributed by atoms with E-state index in [1.807, 2.05) is 35.2 Å². The van der Waals surface area contributed by atoms with Crippen LogP contribution in [0, 0.1) is 0 Å². The van der Waals surface area contributed by atoms with E-state index >= 15 is 0 Å². The van der Waals surface area contributed by atoms with Crippen molar-refractivity contribution < 1.29 is 14.3 Å². The van der Waals surface area contributed by atoms with Gasteiger partial charge in [-0.3, -0.25) is 14.5 Å². The van der Waals surface area contributed by atoms with E-state index in [4.69, 9.17) is 4.74 Å². The van der Waals surface area contributed by atoms with E-state index in [0.717, 1.165) is 45.2 Å². The third-order valence-corrected chi connectivity index (χ3v) is 6.23. The number of carbonyl (C=O) groups is 2. The second kappa shape index (κ2) is 7.60. The summed E-state index contributed by atoms with van der Waals surface area (Å²) in [6.45, 7) is 3.48. The summed E-state index contributed by atoms with van der Waals surface area (Å²) in [4.78, 5) is 32.7. The van der Waals surface area contributed by atoms with Gasteiger partial charge in [-0.2, -0.15) is 0 Å². The standard InChI is InChI=1S/C21H29N3O3/c1-22-12-14-23(15-13-22)20(26)18-16-27-21(10-6-3-7-11-21)24(18)19(25)17-8-4-2-5-9-17/h2,4-5,8-9,18H,3,6-7,10-16H2,1H3/t18-/m0/s1. The molecule has 3 fully saturated rings. The van der Waals surface area contributed by atoms with Crippen molar-refractivity contribution in [2.75, 3.05) is 39.8 Å². The van der Waals surface area contributed by atoms with E-state index in [1.165, 1.54) is 0 Å². The summed E-state index contributed by atoms with van der Waals surface area (Å²) in [5, 5.41) is 0. The normalized spacial score (nSPS) is 25.7. The third-order valence-electron chi connectivity index (χ3n) is 6.23. The molecule has 1 aromatic carbocycles. The number of rotatable bonds is 2. The number of ether oxygens (including phenoxy) is 1. The van der Waals surface area contributed by atoms with Gasteiger partial charge in [-0.05, 0) is 44.9 Å². The fourth-order valence-electron chi connectivity index (χ4n) is 4.62. The van der Waals surface area contributed by atoms with Crippen molar-refractivity contribution in [1.82, 2.24) is 14.7 Å². The first-order chi connectivity index (χ1) is 13.1. The highest BCUT2D eigenvalue weighted by molar-refractivity contribution is 5.98. The molecule has 0 aromatic heterocycles. The van der Waals surface area contributed by atoms with Gasteiger partial charge in [0.15, 0.2) is 0 Å². The quantitative estimate of drug-likeness (QED) is 0.798. The van der Waals surface area contributed by atoms with Gasteiger partial charge in [0.25, 0.3) is 5.91 Å². The summed E-state index contributed by atoms with van der Waals surface area (Å²) < 4.78 is 6.23. The SMILES string of the molecule is CN1CCN(C(=O)[C@@H]2COC3(CCCCC3)N2C(=O)c2ccccc2)CC1. The number of benzene rings is 1. The number of carbonyl (C=O) groups excluding carboxylic acids is 2. The van der Waals surface area contributed by atoms with Crippen molar-refractivity contribution in [3.05, 3.63) is 35.9 Å². The molecule has 2 aliphatic heterocycles. The number of nitrogens with zero attached hydrogens (tertiary/aromatic N) is 3. The van der Waals surface area contributed by atoms with Gasteiger partial charge >= 0.3 is 0 Å². The molecule has 0 radical (unpaired) electrons. The third kappa shape index (κ3) is 3.48. The molecule has 6 heteroatoms. The van der Waals surface area contributed by atoms with Crippen molar-refractivity contribution in [1.29, 1.82) is 0 Å². The van der Waals surface area contributed by atoms with Gasteiger partial charge in [-0.1, -0.05) is 24.6 Å². The van der Waals surface area contributed by atoms with Gasteiger partial charge in [0.2, 0.25) is 5.91 Å². The van der Waals surface area contributed by atoms with Crippen LogP contribution in [-0.2, 0) is 9.53 Å². The highest BCUT2D eigenvalue weighted by Gasteiger charge is 2.53. The van der Waals surface area contributed by atoms with Crippen molar-refractivity contribution in [2.45, 2.75) is 43.9 Å². The molecule has 0 N–H and O–H groups in total. The number of hydrogen-bond donors (Lipinski definition) is 0. The fraction of sp³-hybridized carbons (Fsp3) is 0.619. The van der Waals surface area contributed by atoms with E-state index in [-0.39, 0.29) is 11.8 Å². The smallest absolute Gasteiger partial charge is 0.256 e. The van der Waals surface area contributed by atoms with Crippen molar-refractivity contribution in [3.8, 4) is 0 Å². The molecule has 2 amide bonds. The zero-order chi connectivity index (χ0) is 18.9. The average molecular weight is 371 g/mol. The maximum absolute atomic E-state index is 13.4. The summed E-state index contributed by atoms with van der Waals surface area (Å²) in [7, 11) is 2.07. The molecule has 1 saturated carbocycles. The molecule has 0 unspecified atom stereocenters. The number of likely N-dealkylation sites (N-methyl/N-ethyl adjacent to an activating group) is 1. The molecule has 4 rings (SSSR count). The highest BCUT2D eigenvalue weighted by atomic mass is 16.5. The van der Waals surface area contributed by atoms with Crippen LogP contribution < -0.4 is 0 Å². The molecule has 3 aliphatic rings. The van der Waals surface area contributed by atoms with Crippen LogP contribution in [0.1, 0.15) is 42.5 Å². The van der Waals surface area contributed by atoms with E-state index in [2.05, 4.69) is 11.9 Å². The zero-order valence-corrected chi connectivity index (χ0v) is 16.1. The topological polar surface area (TPSA) is 53.1 Å². The van der Waals surface area contributed by atoms with Crippen molar-refractivity contribution in [2.24, 2.45) is 0 Å². The highest BCUT2D eigenvalue weighted by Crippen LogP contribution is 2.41. The monoisotopic (exact) mass is 371 g/mol. The summed E-state index contributed by atoms with van der Waals surface area (Å²) >= 11 is 0. The fourth-order valence-corrected chi connectivity index (χ4v) is 4.62. The van der Waals surface area contributed by atoms with Gasteiger partial charge in [0.05, 0.1) is 6.61 Å². The Hall–Kier alpha value is -1.92. The Morgan fingerprint density at radius 2 is 1.67 bits per heavy atom. The van der Waals surface area contributed by atoms with Gasteiger partial charge in [0, 0.05) is 31.7 Å². The first kappa shape index (κ1) is 18.4. The predicted molar refractivity (Wildman–Crippen MR) is 102 cm³/mol. The Balaban J connectivity index is 1.62. The minimum atomic E-state index is -0.613. The second-order valence-corrected chi connectivity index (χ2v) is 8.00. The number of hydrogen-bond acceptors (Lipinski definition) is 4. The molecule has 1 spiro atoms. The Labute approximate surface area is 161 Å². The lowest BCUT2D eigenvalue weighted by molar-refractivity contribution is -0.138. The van der Waals surface area contributed by atoms with Crippen molar-refractivity contribution in [3.63, 3.8) is 0 Å². The molecule has 146 valence electrons. The summed E-state index contributed by atoms with van der Waals surface area (Å²) in [5.41, 5.74) is 0.0158. The molecule has 27 heavy (non-hydrogen) atoms. The number of amides is 2. The van der Waals surface area contributed by atoms with Crippen LogP contribution >= 0.6 is 0 Å². The molecule has 6 nitrogen and oxygen atoms in total. The zero-order valence-electron chi connectivity index (χ0n) is 16.1. The Kier molecular flexibility index (Phi) is 5.19. The van der Waals surface area contributed by atoms with E-state index < -0.39 is 11.8 Å².